The van der Waals surface area contributed by atoms with Gasteiger partial charge in [-0.05, 0) is 17.0 Å². The van der Waals surface area contributed by atoms with Crippen molar-refractivity contribution in [1.82, 2.24) is 10.2 Å². The zero-order chi connectivity index (χ0) is 18.8. The lowest BCUT2D eigenvalue weighted by molar-refractivity contribution is -0.150. The fraction of sp³-hybridized carbons (Fsp3) is 0.333. The Morgan fingerprint density at radius 1 is 1.50 bits per heavy atom. The van der Waals surface area contributed by atoms with Crippen LogP contribution in [-0.2, 0) is 20.8 Å². The minimum Gasteiger partial charge on any atom is -0.477 e. The van der Waals surface area contributed by atoms with E-state index in [1.807, 2.05) is 17.5 Å². The van der Waals surface area contributed by atoms with Gasteiger partial charge in [-0.1, -0.05) is 17.8 Å². The number of aliphatic carboxylic acids is 1. The Labute approximate surface area is 161 Å². The lowest BCUT2D eigenvalue weighted by atomic mass is 10.0. The fourth-order valence-corrected chi connectivity index (χ4v) is 5.50. The molecule has 5 N–H and O–H groups in total. The molecule has 0 aliphatic carbocycles. The van der Waals surface area contributed by atoms with Crippen LogP contribution in [0, 0.1) is 5.41 Å². The molecule has 8 nitrogen and oxygen atoms in total. The highest BCUT2D eigenvalue weighted by molar-refractivity contribution is 8.13. The maximum atomic E-state index is 12.5. The normalized spacial score (nSPS) is 21.8. The Hall–Kier alpha value is -1.98. The van der Waals surface area contributed by atoms with Crippen LogP contribution in [0.3, 0.4) is 0 Å². The van der Waals surface area contributed by atoms with E-state index in [1.165, 1.54) is 28.0 Å². The molecule has 26 heavy (non-hydrogen) atoms. The number of nitrogens with two attached hydrogens (primary N) is 1. The van der Waals surface area contributed by atoms with Gasteiger partial charge < -0.3 is 16.2 Å². The minimum absolute atomic E-state index is 0.0590. The number of nitrogens with one attached hydrogen (secondary N) is 2. The lowest BCUT2D eigenvalue weighted by Gasteiger charge is -2.49. The molecular weight excluding hydrogens is 396 g/mol. The molecule has 1 aromatic rings. The summed E-state index contributed by atoms with van der Waals surface area (Å²) in [5.41, 5.74) is 5.80. The molecular formula is C15H16N4O4S3. The summed E-state index contributed by atoms with van der Waals surface area (Å²) >= 11 is 3.89. The fourth-order valence-electron chi connectivity index (χ4n) is 2.76. The summed E-state index contributed by atoms with van der Waals surface area (Å²) in [7, 11) is 0. The quantitative estimate of drug-likeness (QED) is 0.306. The van der Waals surface area contributed by atoms with Gasteiger partial charge in [0.2, 0.25) is 5.91 Å². The Morgan fingerprint density at radius 3 is 2.88 bits per heavy atom. The largest absolute Gasteiger partial charge is 0.477 e. The number of hydrogen-bond acceptors (Lipinski definition) is 7. The van der Waals surface area contributed by atoms with Gasteiger partial charge in [-0.3, -0.25) is 19.9 Å². The third-order valence-electron chi connectivity index (χ3n) is 3.88. The summed E-state index contributed by atoms with van der Waals surface area (Å²) in [5, 5.41) is 20.8. The van der Waals surface area contributed by atoms with Crippen LogP contribution < -0.4 is 11.1 Å². The molecule has 0 spiro atoms. The van der Waals surface area contributed by atoms with E-state index < -0.39 is 23.3 Å². The first-order chi connectivity index (χ1) is 12.4. The molecule has 1 aromatic heterocycles. The van der Waals surface area contributed by atoms with Crippen LogP contribution in [0.4, 0.5) is 0 Å². The zero-order valence-corrected chi connectivity index (χ0v) is 15.9. The summed E-state index contributed by atoms with van der Waals surface area (Å²) in [6.07, 6.45) is 0.195. The van der Waals surface area contributed by atoms with Gasteiger partial charge in [0.15, 0.2) is 5.17 Å². The van der Waals surface area contributed by atoms with Crippen molar-refractivity contribution in [2.24, 2.45) is 5.73 Å². The topological polar surface area (TPSA) is 137 Å². The molecule has 2 atom stereocenters. The van der Waals surface area contributed by atoms with Crippen molar-refractivity contribution in [2.45, 2.75) is 17.8 Å². The molecule has 138 valence electrons. The second kappa shape index (κ2) is 7.72. The number of hydrogen-bond donors (Lipinski definition) is 4. The highest BCUT2D eigenvalue weighted by atomic mass is 32.2. The van der Waals surface area contributed by atoms with Crippen LogP contribution in [0.2, 0.25) is 0 Å². The second-order valence-corrected chi connectivity index (χ2v) is 8.78. The number of β-lactam (4-membered cyclic amide) rings is 1. The van der Waals surface area contributed by atoms with E-state index in [0.717, 1.165) is 16.6 Å². The molecule has 1 unspecified atom stereocenters. The van der Waals surface area contributed by atoms with Gasteiger partial charge in [0.25, 0.3) is 5.91 Å². The van der Waals surface area contributed by atoms with Gasteiger partial charge >= 0.3 is 5.97 Å². The van der Waals surface area contributed by atoms with Gasteiger partial charge in [-0.25, -0.2) is 4.79 Å². The van der Waals surface area contributed by atoms with Gasteiger partial charge in [0, 0.05) is 16.4 Å². The summed E-state index contributed by atoms with van der Waals surface area (Å²) in [6, 6.07) is 2.98. The second-order valence-electron chi connectivity index (χ2n) is 5.62. The van der Waals surface area contributed by atoms with Crippen molar-refractivity contribution in [3.8, 4) is 0 Å². The molecule has 11 heteroatoms. The Balaban J connectivity index is 1.69. The molecule has 1 saturated heterocycles. The number of carbonyl (C=O) groups excluding carboxylic acids is 2. The van der Waals surface area contributed by atoms with Crippen LogP contribution in [0.15, 0.2) is 28.8 Å². The smallest absolute Gasteiger partial charge is 0.352 e. The highest BCUT2D eigenvalue weighted by Gasteiger charge is 2.54. The minimum atomic E-state index is -1.19. The van der Waals surface area contributed by atoms with Gasteiger partial charge in [0.1, 0.15) is 17.1 Å². The Bertz CT molecular complexity index is 793. The van der Waals surface area contributed by atoms with Crippen molar-refractivity contribution in [3.05, 3.63) is 33.7 Å². The molecule has 1 fully saturated rings. The number of nitrogens with zero attached hydrogens (tertiary/aromatic N) is 1. The van der Waals surface area contributed by atoms with Crippen molar-refractivity contribution in [3.63, 3.8) is 0 Å². The maximum Gasteiger partial charge on any atom is 0.352 e. The number of amides is 2. The third kappa shape index (κ3) is 3.74. The number of rotatable bonds is 6. The molecule has 2 amide bonds. The number of carboxylic acids is 1. The van der Waals surface area contributed by atoms with E-state index in [0.29, 0.717) is 11.3 Å². The summed E-state index contributed by atoms with van der Waals surface area (Å²) in [4.78, 5) is 38.4. The summed E-state index contributed by atoms with van der Waals surface area (Å²) in [5.74, 6) is -1.22. The third-order valence-corrected chi connectivity index (χ3v) is 6.90. The Morgan fingerprint density at radius 2 is 2.27 bits per heavy atom. The SMILES string of the molecule is N=C(N)SCC1=C(C(=O)O)N2C(=O)C(NC(=O)Cc3cccs3)[C@H]2SC1. The first-order valence-corrected chi connectivity index (χ1v) is 10.5. The first kappa shape index (κ1) is 18.8. The van der Waals surface area contributed by atoms with Gasteiger partial charge in [-0.2, -0.15) is 0 Å². The number of carbonyl (C=O) groups is 3. The van der Waals surface area contributed by atoms with Gasteiger partial charge in [0.05, 0.1) is 6.42 Å². The summed E-state index contributed by atoms with van der Waals surface area (Å²) < 4.78 is 0. The average molecular weight is 413 g/mol. The van der Waals surface area contributed by atoms with E-state index in [2.05, 4.69) is 5.32 Å². The average Bonchev–Trinajstić information content (AvgIpc) is 3.09. The van der Waals surface area contributed by atoms with Crippen molar-refractivity contribution >= 4 is 57.8 Å². The molecule has 0 aromatic carbocycles. The maximum absolute atomic E-state index is 12.5. The van der Waals surface area contributed by atoms with E-state index >= 15 is 0 Å². The van der Waals surface area contributed by atoms with Crippen LogP contribution in [0.5, 0.6) is 0 Å². The number of carboxylic acid groups (broad SMARTS) is 1. The highest BCUT2D eigenvalue weighted by Crippen LogP contribution is 2.41. The predicted molar refractivity (Wildman–Crippen MR) is 102 cm³/mol. The van der Waals surface area contributed by atoms with E-state index in [-0.39, 0.29) is 28.9 Å². The van der Waals surface area contributed by atoms with Crippen molar-refractivity contribution in [1.29, 1.82) is 5.41 Å². The number of thioether (sulfide) groups is 2. The molecule has 3 rings (SSSR count). The number of fused-ring (bicyclic) bond motifs is 1. The van der Waals surface area contributed by atoms with E-state index in [4.69, 9.17) is 11.1 Å². The molecule has 2 aliphatic rings. The Kier molecular flexibility index (Phi) is 5.58. The van der Waals surface area contributed by atoms with Crippen molar-refractivity contribution < 1.29 is 19.5 Å². The van der Waals surface area contributed by atoms with E-state index in [9.17, 15) is 19.5 Å². The standard InChI is InChI=1S/C15H16N4O4S3/c16-15(17)26-6-7-5-25-13-10(12(21)19(13)11(7)14(22)23)18-9(20)4-8-2-1-3-24-8/h1-3,10,13H,4-6H2,(H3,16,17)(H,18,20)(H,22,23)/t10?,13-/m1/s1. The lowest BCUT2D eigenvalue weighted by Crippen LogP contribution is -2.70. The van der Waals surface area contributed by atoms with Crippen LogP contribution in [0.25, 0.3) is 0 Å². The summed E-state index contributed by atoms with van der Waals surface area (Å²) in [6.45, 7) is 0. The monoisotopic (exact) mass is 412 g/mol. The predicted octanol–water partition coefficient (Wildman–Crippen LogP) is 0.656. The molecule has 0 bridgehead atoms. The molecule has 0 saturated carbocycles. The van der Waals surface area contributed by atoms with Gasteiger partial charge in [-0.15, -0.1) is 23.1 Å². The number of thiophene rings is 1. The number of amidine groups is 1. The molecule has 0 radical (unpaired) electrons. The van der Waals surface area contributed by atoms with Crippen LogP contribution in [0.1, 0.15) is 4.88 Å². The van der Waals surface area contributed by atoms with Crippen molar-refractivity contribution in [2.75, 3.05) is 11.5 Å². The first-order valence-electron chi connectivity index (χ1n) is 7.57. The van der Waals surface area contributed by atoms with Crippen LogP contribution in [-0.4, -0.2) is 55.9 Å². The molecule has 2 aliphatic heterocycles. The zero-order valence-electron chi connectivity index (χ0n) is 13.4. The van der Waals surface area contributed by atoms with E-state index in [1.54, 1.807) is 0 Å². The molecule has 3 heterocycles. The van der Waals surface area contributed by atoms with Crippen LogP contribution >= 0.6 is 34.9 Å².